The monoisotopic (exact) mass is 718 g/mol. The summed E-state index contributed by atoms with van der Waals surface area (Å²) < 4.78 is 0. The van der Waals surface area contributed by atoms with Crippen molar-refractivity contribution in [2.24, 2.45) is 0 Å². The van der Waals surface area contributed by atoms with Crippen molar-refractivity contribution in [1.82, 2.24) is 0 Å². The van der Waals surface area contributed by atoms with Crippen LogP contribution in [0.25, 0.3) is 0 Å². The van der Waals surface area contributed by atoms with E-state index < -0.39 is 0 Å². The molecule has 55 heavy (non-hydrogen) atoms. The predicted octanol–water partition coefficient (Wildman–Crippen LogP) is 14.8. The lowest BCUT2D eigenvalue weighted by atomic mass is 9.63. The lowest BCUT2D eigenvalue weighted by Gasteiger charge is -2.40. The van der Waals surface area contributed by atoms with E-state index in [1.54, 1.807) is 0 Å². The summed E-state index contributed by atoms with van der Waals surface area (Å²) in [6, 6.07) is 59.0. The highest BCUT2D eigenvalue weighted by molar-refractivity contribution is 5.79. The molecule has 0 aliphatic heterocycles. The molecule has 276 valence electrons. The first kappa shape index (κ1) is 38.6. The van der Waals surface area contributed by atoms with Crippen LogP contribution in [0.1, 0.15) is 63.3 Å². The van der Waals surface area contributed by atoms with E-state index in [1.807, 2.05) is 39.8 Å². The Bertz CT molecular complexity index is 2170. The summed E-state index contributed by atoms with van der Waals surface area (Å²) in [5, 5.41) is 0. The Labute approximate surface area is 330 Å². The van der Waals surface area contributed by atoms with Gasteiger partial charge in [0.05, 0.1) is 0 Å². The molecule has 2 aliphatic rings. The van der Waals surface area contributed by atoms with Gasteiger partial charge >= 0.3 is 0 Å². The molecule has 2 aliphatic carbocycles. The number of nitrogens with zero attached hydrogens (tertiary/aromatic N) is 2. The molecule has 1 spiro atoms. The molecule has 0 amide bonds. The number of rotatable bonds is 7. The first-order chi connectivity index (χ1) is 27.1. The van der Waals surface area contributed by atoms with Gasteiger partial charge in [-0.25, -0.2) is 0 Å². The van der Waals surface area contributed by atoms with Crippen molar-refractivity contribution >= 4 is 28.4 Å². The van der Waals surface area contributed by atoms with E-state index in [0.29, 0.717) is 0 Å². The largest absolute Gasteiger partial charge is 0.311 e. The zero-order valence-corrected chi connectivity index (χ0v) is 33.1. The molecule has 0 N–H and O–H groups in total. The maximum Gasteiger partial charge on any atom is 0.0465 e. The van der Waals surface area contributed by atoms with E-state index in [9.17, 15) is 0 Å². The average Bonchev–Trinajstić information content (AvgIpc) is 3.54. The molecule has 0 fully saturated rings. The van der Waals surface area contributed by atoms with E-state index in [4.69, 9.17) is 0 Å². The number of benzene rings is 6. The molecule has 1 atom stereocenters. The summed E-state index contributed by atoms with van der Waals surface area (Å²) in [5.41, 5.74) is 14.8. The van der Waals surface area contributed by atoms with Gasteiger partial charge in [0.2, 0.25) is 0 Å². The van der Waals surface area contributed by atoms with Crippen molar-refractivity contribution in [1.29, 1.82) is 0 Å². The molecule has 0 saturated heterocycles. The van der Waals surface area contributed by atoms with Crippen LogP contribution in [-0.4, -0.2) is 0 Å². The molecule has 0 aromatic heterocycles. The van der Waals surface area contributed by atoms with E-state index in [1.165, 1.54) is 33.4 Å². The smallest absolute Gasteiger partial charge is 0.0465 e. The maximum atomic E-state index is 4.66. The minimum atomic E-state index is -0.330. The molecular formula is C53H54N2. The van der Waals surface area contributed by atoms with Gasteiger partial charge in [-0.15, -0.1) is 0 Å². The van der Waals surface area contributed by atoms with E-state index in [2.05, 4.69) is 199 Å². The second kappa shape index (κ2) is 18.3. The molecule has 8 rings (SSSR count). The van der Waals surface area contributed by atoms with Crippen LogP contribution in [0.3, 0.4) is 0 Å². The van der Waals surface area contributed by atoms with Gasteiger partial charge in [-0.2, -0.15) is 0 Å². The van der Waals surface area contributed by atoms with E-state index >= 15 is 0 Å². The topological polar surface area (TPSA) is 6.48 Å². The van der Waals surface area contributed by atoms with Gasteiger partial charge in [-0.1, -0.05) is 147 Å². The van der Waals surface area contributed by atoms with Crippen LogP contribution >= 0.6 is 0 Å². The predicted molar refractivity (Wildman–Crippen MR) is 238 cm³/mol. The van der Waals surface area contributed by atoms with Crippen molar-refractivity contribution in [2.75, 3.05) is 9.80 Å². The zero-order valence-electron chi connectivity index (χ0n) is 33.1. The van der Waals surface area contributed by atoms with Gasteiger partial charge in [0.1, 0.15) is 0 Å². The Morgan fingerprint density at radius 2 is 1.00 bits per heavy atom. The number of para-hydroxylation sites is 4. The number of anilines is 5. The van der Waals surface area contributed by atoms with Crippen molar-refractivity contribution in [2.45, 2.75) is 59.3 Å². The lowest BCUT2D eigenvalue weighted by molar-refractivity contribution is 0.575. The minimum Gasteiger partial charge on any atom is -0.311 e. The molecular weight excluding hydrogens is 665 g/mol. The van der Waals surface area contributed by atoms with Crippen LogP contribution in [0, 0.1) is 0 Å². The van der Waals surface area contributed by atoms with E-state index in [0.717, 1.165) is 53.4 Å². The van der Waals surface area contributed by atoms with Gasteiger partial charge in [0.25, 0.3) is 0 Å². The zero-order chi connectivity index (χ0) is 38.6. The first-order valence-corrected chi connectivity index (χ1v) is 19.7. The van der Waals surface area contributed by atoms with Crippen LogP contribution in [0.15, 0.2) is 212 Å². The summed E-state index contributed by atoms with van der Waals surface area (Å²) in [4.78, 5) is 4.76. The summed E-state index contributed by atoms with van der Waals surface area (Å²) in [5.74, 6) is 0. The summed E-state index contributed by atoms with van der Waals surface area (Å²) in [6.45, 7) is 14.8. The van der Waals surface area contributed by atoms with Crippen LogP contribution in [-0.2, 0) is 18.3 Å². The second-order valence-corrected chi connectivity index (χ2v) is 13.7. The fourth-order valence-electron chi connectivity index (χ4n) is 8.04. The standard InChI is InChI=1S/C47H40N2.C4H8.C2H6/c1-3-39(48(40-19-8-4-9-20-40)41-21-10-5-11-22-41)32-38-31-37-28-29-44(49(42-23-12-6-13-24-42)43-25-14-7-15-26-43)33-46(37)47(38)34-35(2)30-36-18-16-17-27-45(36)47;1-3-4-2;1-2/h3-29,32-33H,2,30-31,34H2,1H3;3-4H,1-2H3;1-2H3/b38-32+,39-3+;4-3-;. The van der Waals surface area contributed by atoms with Crippen molar-refractivity contribution in [3.05, 3.63) is 234 Å². The van der Waals surface area contributed by atoms with E-state index in [-0.39, 0.29) is 5.41 Å². The Hall–Kier alpha value is -6.12. The highest BCUT2D eigenvalue weighted by atomic mass is 15.1. The molecule has 0 saturated carbocycles. The first-order valence-electron chi connectivity index (χ1n) is 19.7. The van der Waals surface area contributed by atoms with Crippen LogP contribution in [0.2, 0.25) is 0 Å². The second-order valence-electron chi connectivity index (χ2n) is 13.7. The SMILES string of the molecule is C/C=C\C.C=C1Cc2ccccc2C2(C1)/C(=C/C(=C\C)N(c1ccccc1)c1ccccc1)Cc1ccc(N(c3ccccc3)c3ccccc3)cc12.CC. The molecule has 0 bridgehead atoms. The number of hydrogen-bond acceptors (Lipinski definition) is 2. The van der Waals surface area contributed by atoms with Crippen molar-refractivity contribution in [3.63, 3.8) is 0 Å². The van der Waals surface area contributed by atoms with Gasteiger partial charge in [-0.05, 0) is 135 Å². The Balaban J connectivity index is 0.000000807. The van der Waals surface area contributed by atoms with Crippen LogP contribution in [0.5, 0.6) is 0 Å². The summed E-state index contributed by atoms with van der Waals surface area (Å²) in [6.07, 6.45) is 11.4. The molecule has 2 nitrogen and oxygen atoms in total. The molecule has 1 unspecified atom stereocenters. The quantitative estimate of drug-likeness (QED) is 0.152. The lowest BCUT2D eigenvalue weighted by Crippen LogP contribution is -2.33. The molecule has 6 aromatic rings. The molecule has 0 radical (unpaired) electrons. The third-order valence-corrected chi connectivity index (χ3v) is 10.4. The van der Waals surface area contributed by atoms with Crippen LogP contribution < -0.4 is 9.80 Å². The Kier molecular flexibility index (Phi) is 12.8. The third-order valence-electron chi connectivity index (χ3n) is 10.4. The molecule has 2 heteroatoms. The minimum absolute atomic E-state index is 0.330. The fourth-order valence-corrected chi connectivity index (χ4v) is 8.04. The summed E-state index contributed by atoms with van der Waals surface area (Å²) in [7, 11) is 0. The van der Waals surface area contributed by atoms with Gasteiger partial charge in [-0.3, -0.25) is 0 Å². The van der Waals surface area contributed by atoms with Crippen molar-refractivity contribution < 1.29 is 0 Å². The fraction of sp³-hybridized carbons (Fsp3) is 0.170. The maximum absolute atomic E-state index is 4.66. The van der Waals surface area contributed by atoms with Crippen LogP contribution in [0.4, 0.5) is 28.4 Å². The number of fused-ring (bicyclic) bond motifs is 4. The molecule has 0 heterocycles. The highest BCUT2D eigenvalue weighted by Gasteiger charge is 2.48. The molecule has 6 aromatic carbocycles. The van der Waals surface area contributed by atoms with Gasteiger partial charge in [0, 0.05) is 39.5 Å². The van der Waals surface area contributed by atoms with Gasteiger partial charge in [0.15, 0.2) is 0 Å². The summed E-state index contributed by atoms with van der Waals surface area (Å²) >= 11 is 0. The Morgan fingerprint density at radius 3 is 1.51 bits per heavy atom. The average molecular weight is 719 g/mol. The highest BCUT2D eigenvalue weighted by Crippen LogP contribution is 2.56. The van der Waals surface area contributed by atoms with Crippen molar-refractivity contribution in [3.8, 4) is 0 Å². The normalized spacial score (nSPS) is 16.4. The number of allylic oxidation sites excluding steroid dienone is 6. The van der Waals surface area contributed by atoms with Gasteiger partial charge < -0.3 is 9.80 Å². The number of hydrogen-bond donors (Lipinski definition) is 0. The third kappa shape index (κ3) is 8.05. The Morgan fingerprint density at radius 1 is 0.527 bits per heavy atom.